The zero-order valence-corrected chi connectivity index (χ0v) is 28.0. The first-order valence-corrected chi connectivity index (χ1v) is 16.3. The van der Waals surface area contributed by atoms with Crippen molar-refractivity contribution >= 4 is 40.7 Å². The number of amides is 1. The number of alkyl halides is 3. The number of aliphatic hydroxyl groups excluding tert-OH is 2. The molecule has 0 spiro atoms. The predicted octanol–water partition coefficient (Wildman–Crippen LogP) is 6.75. The second kappa shape index (κ2) is 15.8. The van der Waals surface area contributed by atoms with Crippen LogP contribution >= 0.6 is 34.8 Å². The number of nitrogens with zero attached hydrogens (tertiary/aromatic N) is 1. The normalized spacial score (nSPS) is 19.0. The number of phenolic OH excluding ortho intramolecular Hbond substituents is 1. The molecule has 0 saturated carbocycles. The number of benzene rings is 4. The van der Waals surface area contributed by atoms with Crippen molar-refractivity contribution in [2.45, 2.75) is 48.0 Å². The molecule has 0 bridgehead atoms. The van der Waals surface area contributed by atoms with Crippen LogP contribution in [0.4, 0.5) is 0 Å². The van der Waals surface area contributed by atoms with Gasteiger partial charge in [-0.15, -0.1) is 0 Å². The lowest BCUT2D eigenvalue weighted by Crippen LogP contribution is -2.39. The number of nitrogens with one attached hydrogen (secondary N) is 1. The van der Waals surface area contributed by atoms with Crippen LogP contribution in [0.5, 0.6) is 5.75 Å². The van der Waals surface area contributed by atoms with Crippen LogP contribution in [0.3, 0.4) is 0 Å². The van der Waals surface area contributed by atoms with Crippen LogP contribution in [0.15, 0.2) is 97.1 Å². The number of phenols is 1. The van der Waals surface area contributed by atoms with E-state index in [1.807, 2.05) is 84.7 Å². The first-order valence-electron chi connectivity index (χ1n) is 15.2. The number of likely N-dealkylation sites (N-methyl/N-ethyl adjacent to an activating group) is 1. The maximum absolute atomic E-state index is 12.1. The minimum Gasteiger partial charge on any atom is -0.508 e. The Kier molecular flexibility index (Phi) is 11.8. The molecule has 4 aromatic rings. The molecule has 1 amide bonds. The fourth-order valence-corrected chi connectivity index (χ4v) is 5.84. The van der Waals surface area contributed by atoms with Crippen LogP contribution in [0.25, 0.3) is 11.1 Å². The standard InChI is InChI=1S/C36H37Cl3N2O6/c1-41(21-32(44)27-6-4-7-29(43)17-27)20-30-18-33(25-11-9-23(22-42)10-12-25)47-34(46-30)26-15-13-24(14-16-26)31-8-3-2-5-28(31)19-40-35(45)36(37,38)39/h2-17,30,32-34,42-44H,18-22H2,1H3,(H,40,45). The average Bonchev–Trinajstić information content (AvgIpc) is 3.06. The van der Waals surface area contributed by atoms with Gasteiger partial charge in [0, 0.05) is 31.6 Å². The summed E-state index contributed by atoms with van der Waals surface area (Å²) in [6, 6.07) is 29.9. The molecule has 0 aromatic heterocycles. The van der Waals surface area contributed by atoms with E-state index in [9.17, 15) is 20.1 Å². The highest BCUT2D eigenvalue weighted by atomic mass is 35.6. The van der Waals surface area contributed by atoms with Crippen molar-refractivity contribution in [3.8, 4) is 16.9 Å². The molecular formula is C36H37Cl3N2O6. The SMILES string of the molecule is CN(CC1CC(c2ccc(CO)cc2)OC(c2ccc(-c3ccccc3CNC(=O)C(Cl)(Cl)Cl)cc2)O1)CC(O)c1cccc(O)c1. The molecule has 4 N–H and O–H groups in total. The maximum atomic E-state index is 12.1. The first-order chi connectivity index (χ1) is 22.5. The van der Waals surface area contributed by atoms with Gasteiger partial charge >= 0.3 is 0 Å². The van der Waals surface area contributed by atoms with Gasteiger partial charge < -0.3 is 35.0 Å². The van der Waals surface area contributed by atoms with E-state index in [1.165, 1.54) is 0 Å². The van der Waals surface area contributed by atoms with E-state index in [0.717, 1.165) is 33.4 Å². The Labute approximate surface area is 289 Å². The lowest BCUT2D eigenvalue weighted by Gasteiger charge is -2.38. The van der Waals surface area contributed by atoms with Crippen LogP contribution in [-0.4, -0.2) is 56.2 Å². The third-order valence-corrected chi connectivity index (χ3v) is 8.59. The summed E-state index contributed by atoms with van der Waals surface area (Å²) in [6.45, 7) is 1.03. The number of carbonyl (C=O) groups excluding carboxylic acids is 1. The molecule has 1 aliphatic heterocycles. The van der Waals surface area contributed by atoms with Crippen LogP contribution in [0, 0.1) is 0 Å². The van der Waals surface area contributed by atoms with E-state index in [0.29, 0.717) is 25.1 Å². The number of ether oxygens (including phenoxy) is 2. The Hall–Kier alpha value is -3.18. The quantitative estimate of drug-likeness (QED) is 0.128. The van der Waals surface area contributed by atoms with E-state index in [1.54, 1.807) is 24.3 Å². The smallest absolute Gasteiger partial charge is 0.272 e. The molecule has 1 saturated heterocycles. The van der Waals surface area contributed by atoms with Crippen molar-refractivity contribution < 1.29 is 29.6 Å². The van der Waals surface area contributed by atoms with Gasteiger partial charge in [0.25, 0.3) is 9.70 Å². The lowest BCUT2D eigenvalue weighted by atomic mass is 9.97. The van der Waals surface area contributed by atoms with E-state index >= 15 is 0 Å². The third kappa shape index (κ3) is 9.47. The van der Waals surface area contributed by atoms with E-state index in [4.69, 9.17) is 44.3 Å². The molecule has 248 valence electrons. The second-order valence-corrected chi connectivity index (χ2v) is 13.9. The van der Waals surface area contributed by atoms with Crippen LogP contribution in [-0.2, 0) is 27.4 Å². The van der Waals surface area contributed by atoms with E-state index in [2.05, 4.69) is 5.32 Å². The van der Waals surface area contributed by atoms with Gasteiger partial charge in [0.05, 0.1) is 24.9 Å². The predicted molar refractivity (Wildman–Crippen MR) is 183 cm³/mol. The number of hydrogen-bond acceptors (Lipinski definition) is 7. The summed E-state index contributed by atoms with van der Waals surface area (Å²) in [7, 11) is 1.92. The molecule has 4 atom stereocenters. The van der Waals surface area contributed by atoms with Gasteiger partial charge in [0.15, 0.2) is 6.29 Å². The summed E-state index contributed by atoms with van der Waals surface area (Å²) < 4.78 is 11.0. The zero-order chi connectivity index (χ0) is 33.6. The average molecular weight is 700 g/mol. The molecule has 0 aliphatic carbocycles. The van der Waals surface area contributed by atoms with Gasteiger partial charge in [0.1, 0.15) is 5.75 Å². The summed E-state index contributed by atoms with van der Waals surface area (Å²) in [4.78, 5) is 14.1. The zero-order valence-electron chi connectivity index (χ0n) is 25.7. The topological polar surface area (TPSA) is 111 Å². The molecule has 47 heavy (non-hydrogen) atoms. The number of aliphatic hydroxyl groups is 2. The van der Waals surface area contributed by atoms with Crippen LogP contribution in [0.1, 0.15) is 52.7 Å². The Balaban J connectivity index is 1.33. The number of rotatable bonds is 11. The molecule has 1 fully saturated rings. The summed E-state index contributed by atoms with van der Waals surface area (Å²) in [5, 5.41) is 32.8. The Morgan fingerprint density at radius 3 is 2.34 bits per heavy atom. The van der Waals surface area contributed by atoms with E-state index < -0.39 is 22.1 Å². The van der Waals surface area contributed by atoms with Gasteiger partial charge in [-0.25, -0.2) is 0 Å². The Bertz CT molecular complexity index is 1630. The molecule has 0 radical (unpaired) electrons. The fourth-order valence-electron chi connectivity index (χ4n) is 5.64. The molecule has 11 heteroatoms. The van der Waals surface area contributed by atoms with Crippen LogP contribution in [0.2, 0.25) is 0 Å². The number of halogens is 3. The monoisotopic (exact) mass is 698 g/mol. The fraction of sp³-hybridized carbons (Fsp3) is 0.306. The van der Waals surface area contributed by atoms with Crippen molar-refractivity contribution in [3.05, 3.63) is 125 Å². The molecule has 5 rings (SSSR count). The Morgan fingerprint density at radius 2 is 1.66 bits per heavy atom. The highest BCUT2D eigenvalue weighted by Gasteiger charge is 2.33. The number of carbonyl (C=O) groups is 1. The van der Waals surface area contributed by atoms with Gasteiger partial charge in [-0.3, -0.25) is 4.79 Å². The highest BCUT2D eigenvalue weighted by Crippen LogP contribution is 2.39. The van der Waals surface area contributed by atoms with Crippen molar-refractivity contribution in [1.82, 2.24) is 10.2 Å². The number of aromatic hydroxyl groups is 1. The van der Waals surface area contributed by atoms with Gasteiger partial charge in [-0.1, -0.05) is 120 Å². The van der Waals surface area contributed by atoms with Crippen molar-refractivity contribution in [3.63, 3.8) is 0 Å². The molecule has 1 aliphatic rings. The highest BCUT2D eigenvalue weighted by molar-refractivity contribution is 6.76. The maximum Gasteiger partial charge on any atom is 0.272 e. The first kappa shape index (κ1) is 35.1. The number of hydrogen-bond donors (Lipinski definition) is 4. The largest absolute Gasteiger partial charge is 0.508 e. The van der Waals surface area contributed by atoms with Crippen molar-refractivity contribution in [1.29, 1.82) is 0 Å². The molecule has 1 heterocycles. The van der Waals surface area contributed by atoms with Gasteiger partial charge in [-0.2, -0.15) is 0 Å². The molecule has 4 unspecified atom stereocenters. The summed E-state index contributed by atoms with van der Waals surface area (Å²) in [5.41, 5.74) is 5.97. The summed E-state index contributed by atoms with van der Waals surface area (Å²) in [6.07, 6.45) is -1.34. The van der Waals surface area contributed by atoms with Crippen molar-refractivity contribution in [2.24, 2.45) is 0 Å². The summed E-state index contributed by atoms with van der Waals surface area (Å²) >= 11 is 17.1. The van der Waals surface area contributed by atoms with Crippen molar-refractivity contribution in [2.75, 3.05) is 20.1 Å². The van der Waals surface area contributed by atoms with E-state index in [-0.39, 0.29) is 31.1 Å². The molecular weight excluding hydrogens is 663 g/mol. The minimum absolute atomic E-state index is 0.0404. The van der Waals surface area contributed by atoms with Crippen LogP contribution < -0.4 is 5.32 Å². The molecule has 8 nitrogen and oxygen atoms in total. The van der Waals surface area contributed by atoms with Gasteiger partial charge in [-0.05, 0) is 52.6 Å². The summed E-state index contributed by atoms with van der Waals surface area (Å²) in [5.74, 6) is -0.593. The third-order valence-electron chi connectivity index (χ3n) is 8.08. The molecule has 4 aromatic carbocycles. The minimum atomic E-state index is -2.05. The Morgan fingerprint density at radius 1 is 0.957 bits per heavy atom. The van der Waals surface area contributed by atoms with Gasteiger partial charge in [0.2, 0.25) is 0 Å². The second-order valence-electron chi connectivity index (χ2n) is 11.6. The lowest BCUT2D eigenvalue weighted by molar-refractivity contribution is -0.252.